The molecule has 0 saturated carbocycles. The second kappa shape index (κ2) is 6.26. The Kier molecular flexibility index (Phi) is 4.65. The molecule has 0 bridgehead atoms. The molecule has 0 spiro atoms. The Morgan fingerprint density at radius 3 is 2.70 bits per heavy atom. The summed E-state index contributed by atoms with van der Waals surface area (Å²) in [7, 11) is 0. The number of pyridine rings is 1. The topological polar surface area (TPSA) is 70.5 Å². The molecule has 5 nitrogen and oxygen atoms in total. The largest absolute Gasteiger partial charge is 0.480 e. The third-order valence-corrected chi connectivity index (χ3v) is 4.41. The van der Waals surface area contributed by atoms with E-state index in [-0.39, 0.29) is 11.7 Å². The number of rotatable bonds is 4. The minimum absolute atomic E-state index is 0.00279. The molecule has 2 unspecified atom stereocenters. The number of carbonyl (C=O) groups is 2. The van der Waals surface area contributed by atoms with E-state index in [9.17, 15) is 14.7 Å². The van der Waals surface area contributed by atoms with Crippen LogP contribution in [-0.4, -0.2) is 44.4 Å². The Morgan fingerprint density at radius 1 is 1.50 bits per heavy atom. The highest BCUT2D eigenvalue weighted by molar-refractivity contribution is 8.01. The molecule has 1 saturated heterocycles. The van der Waals surface area contributed by atoms with Crippen LogP contribution >= 0.6 is 11.8 Å². The molecule has 20 heavy (non-hydrogen) atoms. The number of nitrogens with zero attached hydrogens (tertiary/aromatic N) is 2. The second-order valence-electron chi connectivity index (χ2n) is 5.24. The second-order valence-corrected chi connectivity index (χ2v) is 6.37. The zero-order valence-electron chi connectivity index (χ0n) is 11.5. The molecule has 2 rings (SSSR count). The maximum atomic E-state index is 12.2. The van der Waals surface area contributed by atoms with Gasteiger partial charge in [-0.2, -0.15) is 0 Å². The van der Waals surface area contributed by atoms with Crippen LogP contribution in [0.25, 0.3) is 0 Å². The molecule has 0 aliphatic carbocycles. The molecule has 1 aromatic heterocycles. The van der Waals surface area contributed by atoms with E-state index < -0.39 is 17.3 Å². The molecule has 1 fully saturated rings. The number of thioether (sulfide) groups is 1. The maximum absolute atomic E-state index is 12.2. The molecule has 1 N–H and O–H groups in total. The summed E-state index contributed by atoms with van der Waals surface area (Å²) in [6.07, 6.45) is 3.26. The van der Waals surface area contributed by atoms with Crippen LogP contribution in [0.1, 0.15) is 25.5 Å². The van der Waals surface area contributed by atoms with Gasteiger partial charge >= 0.3 is 5.97 Å². The van der Waals surface area contributed by atoms with Crippen molar-refractivity contribution < 1.29 is 14.7 Å². The third-order valence-electron chi connectivity index (χ3n) is 3.18. The molecular weight excluding hydrogens is 276 g/mol. The van der Waals surface area contributed by atoms with Crippen LogP contribution in [0.15, 0.2) is 24.5 Å². The molecule has 2 heterocycles. The lowest BCUT2D eigenvalue weighted by Gasteiger charge is -2.40. The molecule has 2 atom stereocenters. The quantitative estimate of drug-likeness (QED) is 0.917. The van der Waals surface area contributed by atoms with Gasteiger partial charge in [0.05, 0.1) is 11.8 Å². The number of aromatic nitrogens is 1. The van der Waals surface area contributed by atoms with E-state index in [0.717, 1.165) is 5.56 Å². The zero-order chi connectivity index (χ0) is 14.7. The number of hydrogen-bond acceptors (Lipinski definition) is 4. The van der Waals surface area contributed by atoms with Gasteiger partial charge in [-0.3, -0.25) is 14.6 Å². The van der Waals surface area contributed by atoms with Crippen LogP contribution in [0.5, 0.6) is 0 Å². The molecule has 0 aromatic carbocycles. The predicted octanol–water partition coefficient (Wildman–Crippen LogP) is 1.81. The highest BCUT2D eigenvalue weighted by atomic mass is 32.2. The smallest absolute Gasteiger partial charge is 0.319 e. The van der Waals surface area contributed by atoms with Gasteiger partial charge < -0.3 is 10.0 Å². The summed E-state index contributed by atoms with van der Waals surface area (Å²) in [6, 6.07) is 3.14. The average molecular weight is 294 g/mol. The van der Waals surface area contributed by atoms with Gasteiger partial charge in [-0.05, 0) is 23.6 Å². The molecule has 108 valence electrons. The lowest BCUT2D eigenvalue weighted by molar-refractivity contribution is -0.140. The van der Waals surface area contributed by atoms with Crippen molar-refractivity contribution in [2.75, 3.05) is 12.3 Å². The van der Waals surface area contributed by atoms with Gasteiger partial charge in [0.25, 0.3) is 0 Å². The first-order chi connectivity index (χ1) is 9.50. The van der Waals surface area contributed by atoms with Crippen molar-refractivity contribution >= 4 is 23.6 Å². The number of carbonyl (C=O) groups excluding carboxylic acids is 1. The van der Waals surface area contributed by atoms with Gasteiger partial charge in [-0.1, -0.05) is 13.8 Å². The first kappa shape index (κ1) is 14.8. The normalized spacial score (nSPS) is 23.1. The lowest BCUT2D eigenvalue weighted by Crippen LogP contribution is -2.49. The van der Waals surface area contributed by atoms with E-state index in [0.29, 0.717) is 12.5 Å². The Labute approximate surface area is 122 Å². The monoisotopic (exact) mass is 294 g/mol. The molecule has 1 aromatic rings. The Hall–Kier alpha value is -1.56. The van der Waals surface area contributed by atoms with Gasteiger partial charge in [0, 0.05) is 18.9 Å². The van der Waals surface area contributed by atoms with Gasteiger partial charge in [0.1, 0.15) is 5.25 Å². The van der Waals surface area contributed by atoms with E-state index in [4.69, 9.17) is 0 Å². The number of carboxylic acids is 1. The summed E-state index contributed by atoms with van der Waals surface area (Å²) >= 11 is 1.20. The number of amides is 1. The summed E-state index contributed by atoms with van der Waals surface area (Å²) in [5, 5.41) is 8.80. The summed E-state index contributed by atoms with van der Waals surface area (Å²) in [5.41, 5.74) is 0.827. The van der Waals surface area contributed by atoms with E-state index in [2.05, 4.69) is 4.98 Å². The summed E-state index contributed by atoms with van der Waals surface area (Å²) < 4.78 is 0. The van der Waals surface area contributed by atoms with Gasteiger partial charge in [-0.15, -0.1) is 11.8 Å². The van der Waals surface area contributed by atoms with E-state index in [1.807, 2.05) is 13.8 Å². The van der Waals surface area contributed by atoms with Crippen molar-refractivity contribution in [3.63, 3.8) is 0 Å². The molecule has 1 aliphatic heterocycles. The van der Waals surface area contributed by atoms with Crippen molar-refractivity contribution in [2.24, 2.45) is 5.92 Å². The molecule has 1 amide bonds. The number of aliphatic carboxylic acids is 1. The van der Waals surface area contributed by atoms with Crippen molar-refractivity contribution in [3.05, 3.63) is 30.1 Å². The van der Waals surface area contributed by atoms with Crippen LogP contribution in [0, 0.1) is 5.92 Å². The fraction of sp³-hybridized carbons (Fsp3) is 0.500. The molecule has 1 aliphatic rings. The van der Waals surface area contributed by atoms with Crippen LogP contribution in [0.2, 0.25) is 0 Å². The van der Waals surface area contributed by atoms with Crippen LogP contribution < -0.4 is 0 Å². The van der Waals surface area contributed by atoms with Crippen molar-refractivity contribution in [2.45, 2.75) is 25.1 Å². The van der Waals surface area contributed by atoms with Crippen molar-refractivity contribution in [3.8, 4) is 0 Å². The molecular formula is C14H18N2O3S. The highest BCUT2D eigenvalue weighted by Gasteiger charge is 2.41. The van der Waals surface area contributed by atoms with Crippen LogP contribution in [-0.2, 0) is 9.59 Å². The summed E-state index contributed by atoms with van der Waals surface area (Å²) in [5.74, 6) is -0.354. The van der Waals surface area contributed by atoms with Crippen molar-refractivity contribution in [1.29, 1.82) is 0 Å². The van der Waals surface area contributed by atoms with E-state index in [1.54, 1.807) is 29.4 Å². The fourth-order valence-electron chi connectivity index (χ4n) is 2.38. The fourth-order valence-corrected chi connectivity index (χ4v) is 3.50. The summed E-state index contributed by atoms with van der Waals surface area (Å²) in [6.45, 7) is 4.61. The number of hydrogen-bond donors (Lipinski definition) is 1. The maximum Gasteiger partial charge on any atom is 0.319 e. The third kappa shape index (κ3) is 3.12. The first-order valence-electron chi connectivity index (χ1n) is 6.54. The molecule has 0 radical (unpaired) electrons. The van der Waals surface area contributed by atoms with E-state index in [1.165, 1.54) is 11.8 Å². The lowest BCUT2D eigenvalue weighted by atomic mass is 10.0. The highest BCUT2D eigenvalue weighted by Crippen LogP contribution is 2.37. The van der Waals surface area contributed by atoms with Crippen LogP contribution in [0.4, 0.5) is 0 Å². The van der Waals surface area contributed by atoms with E-state index >= 15 is 0 Å². The minimum atomic E-state index is -0.877. The Bertz CT molecular complexity index is 492. The van der Waals surface area contributed by atoms with Gasteiger partial charge in [0.2, 0.25) is 5.91 Å². The van der Waals surface area contributed by atoms with Gasteiger partial charge in [-0.25, -0.2) is 0 Å². The minimum Gasteiger partial charge on any atom is -0.480 e. The summed E-state index contributed by atoms with van der Waals surface area (Å²) in [4.78, 5) is 29.3. The Balaban J connectivity index is 2.39. The number of carboxylic acid groups (broad SMARTS) is 1. The average Bonchev–Trinajstić information content (AvgIpc) is 2.41. The van der Waals surface area contributed by atoms with Crippen LogP contribution in [0.3, 0.4) is 0 Å². The SMILES string of the molecule is CC(C)CN1C(=O)CSC(C(=O)O)C1c1ccncc1. The zero-order valence-corrected chi connectivity index (χ0v) is 12.3. The molecule has 6 heteroatoms. The predicted molar refractivity (Wildman–Crippen MR) is 77.4 cm³/mol. The van der Waals surface area contributed by atoms with Crippen molar-refractivity contribution in [1.82, 2.24) is 9.88 Å². The Morgan fingerprint density at radius 2 is 2.15 bits per heavy atom. The standard InChI is InChI=1S/C14H18N2O3S/c1-9(2)7-16-11(17)8-20-13(14(18)19)12(16)10-3-5-15-6-4-10/h3-6,9,12-13H,7-8H2,1-2H3,(H,18,19). The first-order valence-corrected chi connectivity index (χ1v) is 7.59. The van der Waals surface area contributed by atoms with Gasteiger partial charge in [0.15, 0.2) is 0 Å².